The fourth-order valence-electron chi connectivity index (χ4n) is 2.17. The molecule has 0 bridgehead atoms. The van der Waals surface area contributed by atoms with Gasteiger partial charge in [0.1, 0.15) is 0 Å². The Morgan fingerprint density at radius 1 is 1.41 bits per heavy atom. The number of piperazine rings is 1. The van der Waals surface area contributed by atoms with Gasteiger partial charge in [0.2, 0.25) is 0 Å². The summed E-state index contributed by atoms with van der Waals surface area (Å²) in [5, 5.41) is 4.16. The molecule has 1 aromatic rings. The Hall–Kier alpha value is -0.350. The molecule has 0 radical (unpaired) electrons. The molecule has 0 aliphatic carbocycles. The number of halogens is 2. The molecule has 2 rings (SSSR count). The molecule has 1 atom stereocenters. The van der Waals surface area contributed by atoms with Gasteiger partial charge in [-0.1, -0.05) is 33.6 Å². The molecule has 0 saturated carbocycles. The number of hydrogen-bond donors (Lipinski definition) is 1. The summed E-state index contributed by atoms with van der Waals surface area (Å²) in [5.74, 6) is 0. The van der Waals surface area contributed by atoms with Gasteiger partial charge in [-0.05, 0) is 23.8 Å². The molecule has 1 aliphatic heterocycles. The van der Waals surface area contributed by atoms with Crippen LogP contribution in [0.4, 0.5) is 0 Å². The van der Waals surface area contributed by atoms with Crippen LogP contribution in [0.2, 0.25) is 5.02 Å². The van der Waals surface area contributed by atoms with E-state index in [0.717, 1.165) is 41.2 Å². The summed E-state index contributed by atoms with van der Waals surface area (Å²) >= 11 is 9.77. The van der Waals surface area contributed by atoms with Crippen molar-refractivity contribution in [1.82, 2.24) is 10.2 Å². The highest BCUT2D eigenvalue weighted by molar-refractivity contribution is 9.10. The monoisotopic (exact) mass is 314 g/mol. The lowest BCUT2D eigenvalue weighted by molar-refractivity contribution is 0.203. The van der Waals surface area contributed by atoms with Gasteiger partial charge in [-0.2, -0.15) is 0 Å². The Kier molecular flexibility index (Phi) is 4.62. The van der Waals surface area contributed by atoms with Gasteiger partial charge in [0.25, 0.3) is 0 Å². The standard InChI is InChI=1S/C13H16BrClN2/c1-2-13(17-7-5-16-6-8-17)11-9-10(14)3-4-12(11)15/h2-4,9,13,16H,1,5-8H2/t13-/m1/s1. The summed E-state index contributed by atoms with van der Waals surface area (Å²) in [6, 6.07) is 6.17. The molecular formula is C13H16BrClN2. The molecule has 1 aliphatic rings. The molecule has 1 aromatic carbocycles. The number of nitrogens with zero attached hydrogens (tertiary/aromatic N) is 1. The first kappa shape index (κ1) is 13.1. The maximum atomic E-state index is 6.28. The van der Waals surface area contributed by atoms with Crippen LogP contribution < -0.4 is 5.32 Å². The van der Waals surface area contributed by atoms with Crippen LogP contribution in [0, 0.1) is 0 Å². The third-order valence-corrected chi connectivity index (χ3v) is 3.88. The second-order valence-corrected chi connectivity index (χ2v) is 5.46. The lowest BCUT2D eigenvalue weighted by atomic mass is 10.0. The van der Waals surface area contributed by atoms with E-state index in [1.807, 2.05) is 18.2 Å². The highest BCUT2D eigenvalue weighted by Gasteiger charge is 2.21. The van der Waals surface area contributed by atoms with E-state index in [2.05, 4.69) is 38.8 Å². The Labute approximate surface area is 116 Å². The van der Waals surface area contributed by atoms with Gasteiger partial charge in [-0.15, -0.1) is 6.58 Å². The first-order chi connectivity index (χ1) is 8.22. The highest BCUT2D eigenvalue weighted by Crippen LogP contribution is 2.31. The van der Waals surface area contributed by atoms with Gasteiger partial charge >= 0.3 is 0 Å². The van der Waals surface area contributed by atoms with Gasteiger partial charge in [-0.25, -0.2) is 0 Å². The van der Waals surface area contributed by atoms with Crippen molar-refractivity contribution in [2.24, 2.45) is 0 Å². The Balaban J connectivity index is 2.27. The number of hydrogen-bond acceptors (Lipinski definition) is 2. The van der Waals surface area contributed by atoms with Crippen LogP contribution in [-0.2, 0) is 0 Å². The van der Waals surface area contributed by atoms with E-state index in [1.54, 1.807) is 0 Å². The topological polar surface area (TPSA) is 15.3 Å². The predicted octanol–water partition coefficient (Wildman–Crippen LogP) is 3.23. The van der Waals surface area contributed by atoms with E-state index < -0.39 is 0 Å². The Bertz CT molecular complexity index is 402. The third-order valence-electron chi connectivity index (χ3n) is 3.04. The second-order valence-electron chi connectivity index (χ2n) is 4.13. The minimum atomic E-state index is 0.196. The molecule has 0 aromatic heterocycles. The molecule has 4 heteroatoms. The largest absolute Gasteiger partial charge is 0.314 e. The minimum absolute atomic E-state index is 0.196. The van der Waals surface area contributed by atoms with E-state index in [4.69, 9.17) is 11.6 Å². The average Bonchev–Trinajstić information content (AvgIpc) is 2.36. The van der Waals surface area contributed by atoms with Gasteiger partial charge in [-0.3, -0.25) is 4.90 Å². The SMILES string of the molecule is C=C[C@H](c1cc(Br)ccc1Cl)N1CCNCC1. The van der Waals surface area contributed by atoms with E-state index in [0.29, 0.717) is 0 Å². The normalized spacial score (nSPS) is 18.9. The van der Waals surface area contributed by atoms with Gasteiger partial charge in [0, 0.05) is 35.7 Å². The van der Waals surface area contributed by atoms with E-state index in [9.17, 15) is 0 Å². The third kappa shape index (κ3) is 3.10. The minimum Gasteiger partial charge on any atom is -0.314 e. The molecule has 0 amide bonds. The quantitative estimate of drug-likeness (QED) is 0.862. The van der Waals surface area contributed by atoms with Gasteiger partial charge in [0.05, 0.1) is 6.04 Å². The van der Waals surface area contributed by atoms with Gasteiger partial charge in [0.15, 0.2) is 0 Å². The highest BCUT2D eigenvalue weighted by atomic mass is 79.9. The van der Waals surface area contributed by atoms with Crippen molar-refractivity contribution in [3.8, 4) is 0 Å². The molecule has 1 saturated heterocycles. The zero-order chi connectivity index (χ0) is 12.3. The van der Waals surface area contributed by atoms with E-state index in [-0.39, 0.29) is 6.04 Å². The summed E-state index contributed by atoms with van der Waals surface area (Å²) < 4.78 is 1.05. The maximum Gasteiger partial charge on any atom is 0.0545 e. The van der Waals surface area contributed by atoms with Crippen LogP contribution in [0.3, 0.4) is 0 Å². The molecule has 1 heterocycles. The van der Waals surface area contributed by atoms with Crippen molar-refractivity contribution in [3.63, 3.8) is 0 Å². The van der Waals surface area contributed by atoms with Crippen LogP contribution in [0.15, 0.2) is 35.3 Å². The van der Waals surface area contributed by atoms with Gasteiger partial charge < -0.3 is 5.32 Å². The second kappa shape index (κ2) is 6.01. The average molecular weight is 316 g/mol. The van der Waals surface area contributed by atoms with Crippen LogP contribution >= 0.6 is 27.5 Å². The van der Waals surface area contributed by atoms with Crippen LogP contribution in [0.25, 0.3) is 0 Å². The molecule has 1 N–H and O–H groups in total. The summed E-state index contributed by atoms with van der Waals surface area (Å²) in [7, 11) is 0. The lowest BCUT2D eigenvalue weighted by Crippen LogP contribution is -2.44. The van der Waals surface area contributed by atoms with Crippen molar-refractivity contribution in [2.75, 3.05) is 26.2 Å². The maximum absolute atomic E-state index is 6.28. The Morgan fingerprint density at radius 2 is 2.12 bits per heavy atom. The van der Waals surface area contributed by atoms with E-state index >= 15 is 0 Å². The zero-order valence-electron chi connectivity index (χ0n) is 9.63. The van der Waals surface area contributed by atoms with Crippen molar-refractivity contribution in [3.05, 3.63) is 45.9 Å². The lowest BCUT2D eigenvalue weighted by Gasteiger charge is -2.33. The summed E-state index contributed by atoms with van der Waals surface area (Å²) in [6.45, 7) is 8.05. The first-order valence-electron chi connectivity index (χ1n) is 5.74. The number of nitrogens with one attached hydrogen (secondary N) is 1. The molecule has 0 spiro atoms. The van der Waals surface area contributed by atoms with Crippen molar-refractivity contribution in [2.45, 2.75) is 6.04 Å². The van der Waals surface area contributed by atoms with Crippen molar-refractivity contribution < 1.29 is 0 Å². The number of benzene rings is 1. The van der Waals surface area contributed by atoms with Crippen LogP contribution in [-0.4, -0.2) is 31.1 Å². The van der Waals surface area contributed by atoms with Crippen molar-refractivity contribution >= 4 is 27.5 Å². The van der Waals surface area contributed by atoms with E-state index in [1.165, 1.54) is 0 Å². The fraction of sp³-hybridized carbons (Fsp3) is 0.385. The zero-order valence-corrected chi connectivity index (χ0v) is 12.0. The fourth-order valence-corrected chi connectivity index (χ4v) is 2.78. The smallest absolute Gasteiger partial charge is 0.0545 e. The summed E-state index contributed by atoms with van der Waals surface area (Å²) in [6.07, 6.45) is 1.97. The summed E-state index contributed by atoms with van der Waals surface area (Å²) in [4.78, 5) is 2.40. The molecule has 2 nitrogen and oxygen atoms in total. The Morgan fingerprint density at radius 3 is 2.76 bits per heavy atom. The van der Waals surface area contributed by atoms with Crippen LogP contribution in [0.1, 0.15) is 11.6 Å². The van der Waals surface area contributed by atoms with Crippen LogP contribution in [0.5, 0.6) is 0 Å². The molecule has 17 heavy (non-hydrogen) atoms. The number of rotatable bonds is 3. The van der Waals surface area contributed by atoms with Crippen molar-refractivity contribution in [1.29, 1.82) is 0 Å². The predicted molar refractivity (Wildman–Crippen MR) is 76.5 cm³/mol. The molecule has 92 valence electrons. The molecule has 0 unspecified atom stereocenters. The molecular weight excluding hydrogens is 300 g/mol. The first-order valence-corrected chi connectivity index (χ1v) is 6.91. The summed E-state index contributed by atoms with van der Waals surface area (Å²) in [5.41, 5.74) is 1.12. The molecule has 1 fully saturated rings.